The van der Waals surface area contributed by atoms with E-state index in [-0.39, 0.29) is 18.7 Å². The van der Waals surface area contributed by atoms with Crippen molar-refractivity contribution < 1.29 is 19.5 Å². The molecule has 0 saturated heterocycles. The molecule has 0 aliphatic carbocycles. The molecule has 0 aromatic heterocycles. The number of amides is 2. The molecule has 2 amide bonds. The molecule has 0 unspecified atom stereocenters. The summed E-state index contributed by atoms with van der Waals surface area (Å²) in [7, 11) is 0. The van der Waals surface area contributed by atoms with Gasteiger partial charge in [0.1, 0.15) is 0 Å². The Labute approximate surface area is 139 Å². The summed E-state index contributed by atoms with van der Waals surface area (Å²) in [5, 5.41) is 15.7. The van der Waals surface area contributed by atoms with E-state index in [4.69, 9.17) is 0 Å². The van der Waals surface area contributed by atoms with Crippen LogP contribution in [0.5, 0.6) is 0 Å². The molecule has 0 atom stereocenters. The highest BCUT2D eigenvalue weighted by Gasteiger charge is 2.12. The Kier molecular flexibility index (Phi) is 6.08. The lowest BCUT2D eigenvalue weighted by Crippen LogP contribution is -2.26. The average Bonchev–Trinajstić information content (AvgIpc) is 2.59. The molecule has 6 nitrogen and oxygen atoms in total. The number of carbonyl (C=O) groups is 3. The molecular weight excluding hydrogens is 308 g/mol. The van der Waals surface area contributed by atoms with Crippen molar-refractivity contribution in [3.63, 3.8) is 0 Å². The number of carboxylic acids is 1. The van der Waals surface area contributed by atoms with Gasteiger partial charge in [0.2, 0.25) is 5.91 Å². The van der Waals surface area contributed by atoms with Crippen molar-refractivity contribution in [2.75, 3.05) is 5.32 Å². The lowest BCUT2D eigenvalue weighted by Gasteiger charge is -2.11. The van der Waals surface area contributed by atoms with Gasteiger partial charge in [-0.3, -0.25) is 9.59 Å². The Hall–Kier alpha value is -3.15. The van der Waals surface area contributed by atoms with Crippen LogP contribution < -0.4 is 15.7 Å². The van der Waals surface area contributed by atoms with Crippen molar-refractivity contribution in [3.8, 4) is 0 Å². The van der Waals surface area contributed by atoms with E-state index in [2.05, 4.69) is 10.6 Å². The molecule has 0 heterocycles. The van der Waals surface area contributed by atoms with Gasteiger partial charge < -0.3 is 20.5 Å². The molecule has 0 fully saturated rings. The van der Waals surface area contributed by atoms with Gasteiger partial charge in [-0.05, 0) is 24.1 Å². The molecule has 2 aromatic carbocycles. The number of anilines is 1. The molecule has 0 bridgehead atoms. The number of carbonyl (C=O) groups excluding carboxylic acids is 3. The Morgan fingerprint density at radius 1 is 0.875 bits per heavy atom. The van der Waals surface area contributed by atoms with E-state index in [9.17, 15) is 19.5 Å². The fourth-order valence-electron chi connectivity index (χ4n) is 2.09. The number of carboxylic acid groups (broad SMARTS) is 1. The van der Waals surface area contributed by atoms with Gasteiger partial charge in [-0.1, -0.05) is 42.5 Å². The van der Waals surface area contributed by atoms with Crippen molar-refractivity contribution in [2.45, 2.75) is 19.4 Å². The van der Waals surface area contributed by atoms with Crippen LogP contribution in [0.1, 0.15) is 28.8 Å². The highest BCUT2D eigenvalue weighted by atomic mass is 16.4. The summed E-state index contributed by atoms with van der Waals surface area (Å²) in [6.45, 7) is 0.368. The largest absolute Gasteiger partial charge is 0.550 e. The maximum Gasteiger partial charge on any atom is 0.253 e. The van der Waals surface area contributed by atoms with Gasteiger partial charge in [-0.25, -0.2) is 0 Å². The summed E-state index contributed by atoms with van der Waals surface area (Å²) >= 11 is 0. The number of benzene rings is 2. The third-order valence-electron chi connectivity index (χ3n) is 3.30. The molecule has 0 aliphatic rings. The van der Waals surface area contributed by atoms with E-state index in [1.807, 2.05) is 30.3 Å². The molecule has 2 N–H and O–H groups in total. The van der Waals surface area contributed by atoms with Crippen LogP contribution >= 0.6 is 0 Å². The molecular formula is C18H17N2O4-. The second-order valence-corrected chi connectivity index (χ2v) is 5.13. The zero-order valence-electron chi connectivity index (χ0n) is 13.0. The predicted octanol–water partition coefficient (Wildman–Crippen LogP) is 1.09. The van der Waals surface area contributed by atoms with Crippen molar-refractivity contribution in [1.29, 1.82) is 0 Å². The van der Waals surface area contributed by atoms with Crippen molar-refractivity contribution in [3.05, 3.63) is 65.7 Å². The third-order valence-corrected chi connectivity index (χ3v) is 3.30. The van der Waals surface area contributed by atoms with E-state index < -0.39 is 11.9 Å². The fourth-order valence-corrected chi connectivity index (χ4v) is 2.09. The minimum Gasteiger partial charge on any atom is -0.550 e. The number of nitrogens with one attached hydrogen (secondary N) is 2. The van der Waals surface area contributed by atoms with Crippen LogP contribution in [-0.4, -0.2) is 17.8 Å². The topological polar surface area (TPSA) is 98.3 Å². The fraction of sp³-hybridized carbons (Fsp3) is 0.167. The van der Waals surface area contributed by atoms with E-state index in [0.717, 1.165) is 5.56 Å². The molecule has 6 heteroatoms. The number of para-hydroxylation sites is 1. The van der Waals surface area contributed by atoms with Crippen molar-refractivity contribution in [1.82, 2.24) is 5.32 Å². The first-order valence-electron chi connectivity index (χ1n) is 7.47. The maximum atomic E-state index is 12.3. The third kappa shape index (κ3) is 5.24. The summed E-state index contributed by atoms with van der Waals surface area (Å²) in [6, 6.07) is 16.0. The lowest BCUT2D eigenvalue weighted by atomic mass is 10.1. The first-order valence-corrected chi connectivity index (χ1v) is 7.47. The van der Waals surface area contributed by atoms with Crippen LogP contribution in [0.2, 0.25) is 0 Å². The average molecular weight is 325 g/mol. The molecule has 124 valence electrons. The first kappa shape index (κ1) is 17.2. The highest BCUT2D eigenvalue weighted by Crippen LogP contribution is 2.15. The molecule has 0 radical (unpaired) electrons. The zero-order valence-corrected chi connectivity index (χ0v) is 13.0. The van der Waals surface area contributed by atoms with Crippen LogP contribution in [0.4, 0.5) is 5.69 Å². The summed E-state index contributed by atoms with van der Waals surface area (Å²) < 4.78 is 0. The van der Waals surface area contributed by atoms with Crippen molar-refractivity contribution >= 4 is 23.5 Å². The van der Waals surface area contributed by atoms with Crippen LogP contribution in [0.3, 0.4) is 0 Å². The van der Waals surface area contributed by atoms with Gasteiger partial charge in [0.05, 0.1) is 11.3 Å². The Morgan fingerprint density at radius 2 is 1.54 bits per heavy atom. The minimum atomic E-state index is -1.29. The lowest BCUT2D eigenvalue weighted by molar-refractivity contribution is -0.305. The van der Waals surface area contributed by atoms with Gasteiger partial charge in [-0.15, -0.1) is 0 Å². The second kappa shape index (κ2) is 8.47. The molecule has 0 saturated carbocycles. The van der Waals surface area contributed by atoms with Gasteiger partial charge in [0.25, 0.3) is 5.91 Å². The summed E-state index contributed by atoms with van der Waals surface area (Å²) in [5.74, 6) is -2.10. The molecule has 0 spiro atoms. The maximum absolute atomic E-state index is 12.3. The first-order chi connectivity index (χ1) is 11.6. The summed E-state index contributed by atoms with van der Waals surface area (Å²) in [4.78, 5) is 34.5. The Morgan fingerprint density at radius 3 is 2.25 bits per heavy atom. The van der Waals surface area contributed by atoms with Crippen molar-refractivity contribution in [2.24, 2.45) is 0 Å². The number of hydrogen-bond acceptors (Lipinski definition) is 4. The van der Waals surface area contributed by atoms with E-state index in [0.29, 0.717) is 17.8 Å². The van der Waals surface area contributed by atoms with Crippen LogP contribution in [0.25, 0.3) is 0 Å². The summed E-state index contributed by atoms with van der Waals surface area (Å²) in [6.07, 6.45) is -0.573. The second-order valence-electron chi connectivity index (χ2n) is 5.13. The molecule has 2 aromatic rings. The van der Waals surface area contributed by atoms with Gasteiger partial charge in [0, 0.05) is 18.9 Å². The van der Waals surface area contributed by atoms with E-state index in [1.54, 1.807) is 24.3 Å². The van der Waals surface area contributed by atoms with Crippen LogP contribution in [-0.2, 0) is 16.1 Å². The molecule has 2 rings (SSSR count). The van der Waals surface area contributed by atoms with Gasteiger partial charge in [0.15, 0.2) is 0 Å². The minimum absolute atomic E-state index is 0.206. The SMILES string of the molecule is O=C([O-])CCC(=O)Nc1ccccc1C(=O)NCc1ccccc1. The zero-order chi connectivity index (χ0) is 17.4. The normalized spacial score (nSPS) is 10.0. The smallest absolute Gasteiger partial charge is 0.253 e. The number of rotatable bonds is 7. The summed E-state index contributed by atoms with van der Waals surface area (Å²) in [5.41, 5.74) is 1.61. The molecule has 0 aliphatic heterocycles. The van der Waals surface area contributed by atoms with Crippen LogP contribution in [0, 0.1) is 0 Å². The Bertz CT molecular complexity index is 729. The van der Waals surface area contributed by atoms with Crippen LogP contribution in [0.15, 0.2) is 54.6 Å². The van der Waals surface area contributed by atoms with E-state index in [1.165, 1.54) is 0 Å². The van der Waals surface area contributed by atoms with Gasteiger partial charge >= 0.3 is 0 Å². The standard InChI is InChI=1S/C18H18N2O4/c21-16(10-11-17(22)23)20-15-9-5-4-8-14(15)18(24)19-12-13-6-2-1-3-7-13/h1-9H,10-12H2,(H,19,24)(H,20,21)(H,22,23)/p-1. The monoisotopic (exact) mass is 325 g/mol. The number of hydrogen-bond donors (Lipinski definition) is 2. The number of aliphatic carboxylic acids is 1. The Balaban J connectivity index is 2.00. The quantitative estimate of drug-likeness (QED) is 0.796. The molecule has 24 heavy (non-hydrogen) atoms. The van der Waals surface area contributed by atoms with Gasteiger partial charge in [-0.2, -0.15) is 0 Å². The predicted molar refractivity (Wildman–Crippen MR) is 86.9 cm³/mol. The van der Waals surface area contributed by atoms with E-state index >= 15 is 0 Å². The highest BCUT2D eigenvalue weighted by molar-refractivity contribution is 6.03.